The van der Waals surface area contributed by atoms with Crippen molar-refractivity contribution in [2.24, 2.45) is 16.2 Å². The summed E-state index contributed by atoms with van der Waals surface area (Å²) >= 11 is 0. The molecule has 7 nitrogen and oxygen atoms in total. The molecule has 0 aromatic rings. The summed E-state index contributed by atoms with van der Waals surface area (Å²) in [6.45, 7) is 9.67. The molecule has 0 amide bonds. The highest BCUT2D eigenvalue weighted by molar-refractivity contribution is 5.82. The number of likely N-dealkylation sites (N-methyl/N-ethyl adjacent to an activating group) is 1. The largest absolute Gasteiger partial charge is 0.469 e. The molecule has 2 atom stereocenters. The lowest BCUT2D eigenvalue weighted by molar-refractivity contribution is -0.167. The first-order valence-electron chi connectivity index (χ1n) is 9.27. The van der Waals surface area contributed by atoms with Gasteiger partial charge in [-0.05, 0) is 61.1 Å². The Morgan fingerprint density at radius 1 is 0.815 bits per heavy atom. The van der Waals surface area contributed by atoms with Crippen LogP contribution in [0.2, 0.25) is 0 Å². The second-order valence-electron chi connectivity index (χ2n) is 8.63. The maximum absolute atomic E-state index is 13.0. The van der Waals surface area contributed by atoms with Crippen LogP contribution < -0.4 is 0 Å². The molecule has 0 aromatic carbocycles. The highest BCUT2D eigenvalue weighted by Gasteiger charge is 2.49. The first kappa shape index (κ1) is 25.4. The molecular weight excluding hydrogens is 350 g/mol. The van der Waals surface area contributed by atoms with Crippen LogP contribution in [-0.4, -0.2) is 64.3 Å². The second-order valence-corrected chi connectivity index (χ2v) is 8.63. The summed E-state index contributed by atoms with van der Waals surface area (Å²) in [5.41, 5.74) is -2.83. The molecule has 27 heavy (non-hydrogen) atoms. The minimum Gasteiger partial charge on any atom is -0.469 e. The van der Waals surface area contributed by atoms with Crippen LogP contribution in [0.25, 0.3) is 0 Å². The first-order valence-corrected chi connectivity index (χ1v) is 9.27. The molecule has 0 saturated carbocycles. The molecule has 0 aliphatic rings. The normalized spacial score (nSPS) is 16.2. The van der Waals surface area contributed by atoms with E-state index < -0.39 is 28.2 Å². The number of hydrogen-bond acceptors (Lipinski definition) is 7. The summed E-state index contributed by atoms with van der Waals surface area (Å²) in [5, 5.41) is 0. The van der Waals surface area contributed by atoms with Gasteiger partial charge in [-0.15, -0.1) is 0 Å². The molecule has 0 aromatic heterocycles. The van der Waals surface area contributed by atoms with Gasteiger partial charge in [0.05, 0.1) is 30.5 Å². The van der Waals surface area contributed by atoms with Crippen molar-refractivity contribution < 1.29 is 28.6 Å². The predicted molar refractivity (Wildman–Crippen MR) is 103 cm³/mol. The minimum atomic E-state index is -1.05. The smallest absolute Gasteiger partial charge is 0.311 e. The number of hydrogen-bond donors (Lipinski definition) is 0. The monoisotopic (exact) mass is 387 g/mol. The van der Waals surface area contributed by atoms with Gasteiger partial charge in [0.15, 0.2) is 0 Å². The molecule has 158 valence electrons. The minimum absolute atomic E-state index is 0.194. The van der Waals surface area contributed by atoms with Crippen molar-refractivity contribution in [1.82, 2.24) is 4.90 Å². The van der Waals surface area contributed by atoms with E-state index in [4.69, 9.17) is 14.2 Å². The number of methoxy groups -OCH3 is 2. The van der Waals surface area contributed by atoms with Gasteiger partial charge in [-0.1, -0.05) is 6.92 Å². The van der Waals surface area contributed by atoms with Crippen molar-refractivity contribution in [3.05, 3.63) is 0 Å². The van der Waals surface area contributed by atoms with Crippen molar-refractivity contribution in [2.45, 2.75) is 53.9 Å². The van der Waals surface area contributed by atoms with Gasteiger partial charge in [-0.2, -0.15) is 0 Å². The van der Waals surface area contributed by atoms with E-state index in [1.807, 2.05) is 25.9 Å². The molecule has 0 N–H and O–H groups in total. The summed E-state index contributed by atoms with van der Waals surface area (Å²) in [6.07, 6.45) is 0.906. The van der Waals surface area contributed by atoms with Crippen molar-refractivity contribution in [3.63, 3.8) is 0 Å². The van der Waals surface area contributed by atoms with Gasteiger partial charge in [0.2, 0.25) is 0 Å². The molecular formula is C20H37NO6. The van der Waals surface area contributed by atoms with Crippen molar-refractivity contribution in [2.75, 3.05) is 41.5 Å². The molecule has 7 heteroatoms. The third kappa shape index (κ3) is 7.13. The predicted octanol–water partition coefficient (Wildman–Crippen LogP) is 2.67. The number of carbonyl (C=O) groups excluding carboxylic acids is 3. The fraction of sp³-hybridized carbons (Fsp3) is 0.850. The molecule has 0 aliphatic carbocycles. The molecule has 0 fully saturated rings. The molecule has 0 rings (SSSR count). The Bertz CT molecular complexity index is 531. The van der Waals surface area contributed by atoms with Gasteiger partial charge in [-0.3, -0.25) is 14.4 Å². The van der Waals surface area contributed by atoms with Gasteiger partial charge < -0.3 is 19.1 Å². The fourth-order valence-electron chi connectivity index (χ4n) is 3.47. The zero-order chi connectivity index (χ0) is 21.5. The number of ether oxygens (including phenoxy) is 3. The van der Waals surface area contributed by atoms with Crippen molar-refractivity contribution in [3.8, 4) is 0 Å². The zero-order valence-corrected chi connectivity index (χ0v) is 18.4. The Morgan fingerprint density at radius 2 is 1.33 bits per heavy atom. The molecule has 0 radical (unpaired) electrons. The van der Waals surface area contributed by atoms with Gasteiger partial charge >= 0.3 is 17.9 Å². The quantitative estimate of drug-likeness (QED) is 0.398. The Balaban J connectivity index is 5.75. The van der Waals surface area contributed by atoms with E-state index in [0.717, 1.165) is 0 Å². The first-order chi connectivity index (χ1) is 12.3. The fourth-order valence-corrected chi connectivity index (χ4v) is 3.47. The van der Waals surface area contributed by atoms with E-state index in [9.17, 15) is 14.4 Å². The lowest BCUT2D eigenvalue weighted by atomic mass is 9.65. The molecule has 0 bridgehead atoms. The zero-order valence-electron chi connectivity index (χ0n) is 18.4. The summed E-state index contributed by atoms with van der Waals surface area (Å²) < 4.78 is 15.3. The highest BCUT2D eigenvalue weighted by Crippen LogP contribution is 2.45. The second kappa shape index (κ2) is 10.1. The summed E-state index contributed by atoms with van der Waals surface area (Å²) in [5.74, 6) is -1.22. The van der Waals surface area contributed by atoms with Crippen LogP contribution in [0.5, 0.6) is 0 Å². The third-order valence-corrected chi connectivity index (χ3v) is 5.07. The topological polar surface area (TPSA) is 82.1 Å². The van der Waals surface area contributed by atoms with E-state index >= 15 is 0 Å². The summed E-state index contributed by atoms with van der Waals surface area (Å²) in [4.78, 5) is 39.4. The van der Waals surface area contributed by atoms with Crippen molar-refractivity contribution in [1.29, 1.82) is 0 Å². The molecule has 2 unspecified atom stereocenters. The summed E-state index contributed by atoms with van der Waals surface area (Å²) in [7, 11) is 6.43. The number of carbonyl (C=O) groups is 3. The molecule has 0 aliphatic heterocycles. The summed E-state index contributed by atoms with van der Waals surface area (Å²) in [6, 6.07) is 0. The van der Waals surface area contributed by atoms with E-state index in [1.54, 1.807) is 27.7 Å². The van der Waals surface area contributed by atoms with E-state index in [1.165, 1.54) is 14.2 Å². The van der Waals surface area contributed by atoms with E-state index in [0.29, 0.717) is 13.0 Å². The molecule has 0 spiro atoms. The van der Waals surface area contributed by atoms with Gasteiger partial charge in [0.25, 0.3) is 0 Å². The SMILES string of the molecule is CCC(C)(CC(C)(CC(C)(C)C(=O)OC)C(=O)OCCN(C)C)C(=O)OC. The highest BCUT2D eigenvalue weighted by atomic mass is 16.5. The number of nitrogens with zero attached hydrogens (tertiary/aromatic N) is 1. The van der Waals surface area contributed by atoms with Crippen LogP contribution in [-0.2, 0) is 28.6 Å². The van der Waals surface area contributed by atoms with Crippen molar-refractivity contribution >= 4 is 17.9 Å². The lowest BCUT2D eigenvalue weighted by Crippen LogP contribution is -2.44. The Kier molecular flexibility index (Phi) is 9.45. The van der Waals surface area contributed by atoms with Crippen LogP contribution in [0.15, 0.2) is 0 Å². The van der Waals surface area contributed by atoms with Crippen LogP contribution in [0.1, 0.15) is 53.9 Å². The molecule has 0 saturated heterocycles. The Hall–Kier alpha value is -1.63. The van der Waals surface area contributed by atoms with Crippen LogP contribution in [0.3, 0.4) is 0 Å². The van der Waals surface area contributed by atoms with Gasteiger partial charge in [0, 0.05) is 6.54 Å². The number of esters is 3. The van der Waals surface area contributed by atoms with E-state index in [-0.39, 0.29) is 25.4 Å². The maximum atomic E-state index is 13.0. The average molecular weight is 388 g/mol. The van der Waals surface area contributed by atoms with Gasteiger partial charge in [-0.25, -0.2) is 0 Å². The lowest BCUT2D eigenvalue weighted by Gasteiger charge is -2.39. The third-order valence-electron chi connectivity index (χ3n) is 5.07. The number of rotatable bonds is 11. The Morgan fingerprint density at radius 3 is 1.74 bits per heavy atom. The standard InChI is InChI=1S/C20H37NO6/c1-10-19(4,16(23)26-9)14-20(5,13-18(2,3)15(22)25-8)17(24)27-12-11-21(6)7/h10-14H2,1-9H3. The van der Waals surface area contributed by atoms with Crippen LogP contribution >= 0.6 is 0 Å². The van der Waals surface area contributed by atoms with Gasteiger partial charge in [0.1, 0.15) is 6.61 Å². The van der Waals surface area contributed by atoms with Crippen LogP contribution in [0.4, 0.5) is 0 Å². The Labute approximate surface area is 163 Å². The van der Waals surface area contributed by atoms with Crippen LogP contribution in [0, 0.1) is 16.2 Å². The molecule has 0 heterocycles. The van der Waals surface area contributed by atoms with E-state index in [2.05, 4.69) is 0 Å². The maximum Gasteiger partial charge on any atom is 0.311 e. The average Bonchev–Trinajstić information content (AvgIpc) is 2.58.